The SMILES string of the molecule is Cc1ccccc1N(C)S(=O)(=O)c1cc(CCl)n(C)c1. The summed E-state index contributed by atoms with van der Waals surface area (Å²) in [6, 6.07) is 8.99. The molecule has 0 bridgehead atoms. The highest BCUT2D eigenvalue weighted by Crippen LogP contribution is 2.26. The van der Waals surface area contributed by atoms with Gasteiger partial charge in [-0.3, -0.25) is 4.31 Å². The first kappa shape index (κ1) is 14.9. The Morgan fingerprint density at radius 3 is 2.50 bits per heavy atom. The number of aryl methyl sites for hydroxylation is 2. The Morgan fingerprint density at radius 1 is 1.30 bits per heavy atom. The molecule has 0 N–H and O–H groups in total. The van der Waals surface area contributed by atoms with E-state index in [-0.39, 0.29) is 10.8 Å². The molecule has 2 rings (SSSR count). The quantitative estimate of drug-likeness (QED) is 0.815. The van der Waals surface area contributed by atoms with Crippen molar-refractivity contribution in [2.45, 2.75) is 17.7 Å². The van der Waals surface area contributed by atoms with Gasteiger partial charge in [0.2, 0.25) is 0 Å². The summed E-state index contributed by atoms with van der Waals surface area (Å²) in [6.45, 7) is 1.89. The number of hydrogen-bond donors (Lipinski definition) is 0. The molecule has 0 saturated carbocycles. The lowest BCUT2D eigenvalue weighted by atomic mass is 10.2. The number of halogens is 1. The largest absolute Gasteiger partial charge is 0.352 e. The first-order chi connectivity index (χ1) is 9.37. The molecule has 20 heavy (non-hydrogen) atoms. The molecular formula is C14H17ClN2O2S. The van der Waals surface area contributed by atoms with Crippen molar-refractivity contribution in [1.82, 2.24) is 4.57 Å². The second-order valence-corrected chi connectivity index (χ2v) is 6.91. The van der Waals surface area contributed by atoms with E-state index in [0.717, 1.165) is 11.3 Å². The highest BCUT2D eigenvalue weighted by Gasteiger charge is 2.24. The van der Waals surface area contributed by atoms with Crippen LogP contribution < -0.4 is 4.31 Å². The third-order valence-electron chi connectivity index (χ3n) is 3.33. The summed E-state index contributed by atoms with van der Waals surface area (Å²) in [5.41, 5.74) is 2.35. The Balaban J connectivity index is 2.47. The van der Waals surface area contributed by atoms with Crippen molar-refractivity contribution in [3.8, 4) is 0 Å². The average molecular weight is 313 g/mol. The number of para-hydroxylation sites is 1. The Morgan fingerprint density at radius 2 is 1.95 bits per heavy atom. The lowest BCUT2D eigenvalue weighted by Crippen LogP contribution is -2.26. The van der Waals surface area contributed by atoms with Crippen LogP contribution in [0.25, 0.3) is 0 Å². The minimum absolute atomic E-state index is 0.251. The van der Waals surface area contributed by atoms with Crippen molar-refractivity contribution in [3.05, 3.63) is 47.8 Å². The Bertz CT molecular complexity index is 723. The van der Waals surface area contributed by atoms with E-state index < -0.39 is 10.0 Å². The monoisotopic (exact) mass is 312 g/mol. The number of benzene rings is 1. The Hall–Kier alpha value is -1.46. The van der Waals surface area contributed by atoms with Gasteiger partial charge in [0.05, 0.1) is 11.6 Å². The molecule has 0 radical (unpaired) electrons. The van der Waals surface area contributed by atoms with Crippen LogP contribution in [0, 0.1) is 6.92 Å². The summed E-state index contributed by atoms with van der Waals surface area (Å²) in [5.74, 6) is 0.278. The summed E-state index contributed by atoms with van der Waals surface area (Å²) >= 11 is 5.79. The minimum Gasteiger partial charge on any atom is -0.352 e. The van der Waals surface area contributed by atoms with Crippen LogP contribution in [0.2, 0.25) is 0 Å². The fourth-order valence-corrected chi connectivity index (χ4v) is 3.68. The van der Waals surface area contributed by atoms with Gasteiger partial charge in [-0.1, -0.05) is 18.2 Å². The first-order valence-electron chi connectivity index (χ1n) is 6.13. The van der Waals surface area contributed by atoms with Crippen LogP contribution in [-0.4, -0.2) is 20.0 Å². The van der Waals surface area contributed by atoms with E-state index in [1.807, 2.05) is 25.1 Å². The molecular weight excluding hydrogens is 296 g/mol. The van der Waals surface area contributed by atoms with Crippen LogP contribution in [0.5, 0.6) is 0 Å². The van der Waals surface area contributed by atoms with Gasteiger partial charge >= 0.3 is 0 Å². The smallest absolute Gasteiger partial charge is 0.265 e. The molecule has 1 aromatic carbocycles. The van der Waals surface area contributed by atoms with Gasteiger partial charge in [0.25, 0.3) is 10.0 Å². The maximum absolute atomic E-state index is 12.6. The van der Waals surface area contributed by atoms with Crippen LogP contribution in [0.15, 0.2) is 41.4 Å². The van der Waals surface area contributed by atoms with Gasteiger partial charge in [-0.25, -0.2) is 8.42 Å². The first-order valence-corrected chi connectivity index (χ1v) is 8.11. The summed E-state index contributed by atoms with van der Waals surface area (Å²) in [7, 11) is -0.230. The second-order valence-electron chi connectivity index (χ2n) is 4.67. The van der Waals surface area contributed by atoms with Gasteiger partial charge in [-0.2, -0.15) is 0 Å². The Labute approximate surface area is 124 Å². The number of hydrogen-bond acceptors (Lipinski definition) is 2. The number of nitrogens with zero attached hydrogens (tertiary/aromatic N) is 2. The summed E-state index contributed by atoms with van der Waals surface area (Å²) < 4.78 is 28.3. The van der Waals surface area contributed by atoms with E-state index in [9.17, 15) is 8.42 Å². The Kier molecular flexibility index (Phi) is 4.11. The number of sulfonamides is 1. The zero-order valence-electron chi connectivity index (χ0n) is 11.7. The average Bonchev–Trinajstić information content (AvgIpc) is 2.80. The molecule has 4 nitrogen and oxygen atoms in total. The van der Waals surface area contributed by atoms with Crippen LogP contribution in [0.1, 0.15) is 11.3 Å². The second kappa shape index (κ2) is 5.50. The van der Waals surface area contributed by atoms with E-state index in [1.54, 1.807) is 37.0 Å². The van der Waals surface area contributed by atoms with Gasteiger partial charge in [0.15, 0.2) is 0 Å². The fraction of sp³-hybridized carbons (Fsp3) is 0.286. The van der Waals surface area contributed by atoms with Gasteiger partial charge in [0.1, 0.15) is 4.90 Å². The summed E-state index contributed by atoms with van der Waals surface area (Å²) in [4.78, 5) is 0.251. The molecule has 0 saturated heterocycles. The number of alkyl halides is 1. The van der Waals surface area contributed by atoms with Crippen LogP contribution >= 0.6 is 11.6 Å². The molecule has 0 aliphatic heterocycles. The molecule has 6 heteroatoms. The van der Waals surface area contributed by atoms with E-state index in [0.29, 0.717) is 5.69 Å². The number of rotatable bonds is 4. The lowest BCUT2D eigenvalue weighted by molar-refractivity contribution is 0.594. The molecule has 108 valence electrons. The fourth-order valence-electron chi connectivity index (χ4n) is 2.06. The van der Waals surface area contributed by atoms with Crippen molar-refractivity contribution >= 4 is 27.3 Å². The zero-order valence-corrected chi connectivity index (χ0v) is 13.2. The van der Waals surface area contributed by atoms with E-state index in [1.165, 1.54) is 4.31 Å². The normalized spacial score (nSPS) is 11.6. The standard InChI is InChI=1S/C14H17ClN2O2S/c1-11-6-4-5-7-14(11)17(3)20(18,19)13-8-12(9-15)16(2)10-13/h4-8,10H,9H2,1-3H3. The van der Waals surface area contributed by atoms with Crippen molar-refractivity contribution in [2.75, 3.05) is 11.4 Å². The molecule has 2 aromatic rings. The van der Waals surface area contributed by atoms with Gasteiger partial charge in [-0.15, -0.1) is 11.6 Å². The van der Waals surface area contributed by atoms with Crippen molar-refractivity contribution in [1.29, 1.82) is 0 Å². The van der Waals surface area contributed by atoms with Crippen LogP contribution in [0.4, 0.5) is 5.69 Å². The zero-order chi connectivity index (χ0) is 14.9. The third-order valence-corrected chi connectivity index (χ3v) is 5.34. The van der Waals surface area contributed by atoms with E-state index in [4.69, 9.17) is 11.6 Å². The molecule has 1 heterocycles. The summed E-state index contributed by atoms with van der Waals surface area (Å²) in [6.07, 6.45) is 1.59. The molecule has 0 atom stereocenters. The minimum atomic E-state index is -3.57. The molecule has 0 unspecified atom stereocenters. The predicted octanol–water partition coefficient (Wildman–Crippen LogP) is 2.90. The number of anilines is 1. The molecule has 0 aliphatic carbocycles. The van der Waals surface area contributed by atoms with Crippen LogP contribution in [-0.2, 0) is 23.0 Å². The van der Waals surface area contributed by atoms with Gasteiger partial charge in [0, 0.05) is 26.0 Å². The lowest BCUT2D eigenvalue weighted by Gasteiger charge is -2.20. The van der Waals surface area contributed by atoms with Crippen LogP contribution in [0.3, 0.4) is 0 Å². The van der Waals surface area contributed by atoms with Gasteiger partial charge in [-0.05, 0) is 24.6 Å². The predicted molar refractivity (Wildman–Crippen MR) is 81.7 cm³/mol. The topological polar surface area (TPSA) is 42.3 Å². The number of aromatic nitrogens is 1. The van der Waals surface area contributed by atoms with Crippen molar-refractivity contribution in [2.24, 2.45) is 7.05 Å². The van der Waals surface area contributed by atoms with E-state index in [2.05, 4.69) is 0 Å². The van der Waals surface area contributed by atoms with Crippen molar-refractivity contribution in [3.63, 3.8) is 0 Å². The molecule has 0 aliphatic rings. The van der Waals surface area contributed by atoms with Crippen molar-refractivity contribution < 1.29 is 8.42 Å². The third kappa shape index (κ3) is 2.55. The molecule has 1 aromatic heterocycles. The highest BCUT2D eigenvalue weighted by atomic mass is 35.5. The molecule has 0 amide bonds. The highest BCUT2D eigenvalue weighted by molar-refractivity contribution is 7.92. The maximum Gasteiger partial charge on any atom is 0.265 e. The van der Waals surface area contributed by atoms with E-state index >= 15 is 0 Å². The molecule has 0 spiro atoms. The van der Waals surface area contributed by atoms with Gasteiger partial charge < -0.3 is 4.57 Å². The maximum atomic E-state index is 12.6. The molecule has 0 fully saturated rings. The summed E-state index contributed by atoms with van der Waals surface area (Å²) in [5, 5.41) is 0.